The molecule has 1 fully saturated rings. The van der Waals surface area contributed by atoms with E-state index in [0.717, 1.165) is 54.8 Å². The molecule has 4 N–H and O–H groups in total. The zero-order valence-corrected chi connectivity index (χ0v) is 26.2. The van der Waals surface area contributed by atoms with Crippen molar-refractivity contribution in [1.82, 2.24) is 19.7 Å². The quantitative estimate of drug-likeness (QED) is 0.127. The molecule has 0 bridgehead atoms. The zero-order valence-electron chi connectivity index (χ0n) is 24.6. The fourth-order valence-corrected chi connectivity index (χ4v) is 6.53. The van der Waals surface area contributed by atoms with Gasteiger partial charge in [-0.2, -0.15) is 5.10 Å². The number of nitrogens with two attached hydrogens (primary N) is 1. The van der Waals surface area contributed by atoms with Gasteiger partial charge in [-0.05, 0) is 43.5 Å². The van der Waals surface area contributed by atoms with Gasteiger partial charge in [-0.25, -0.2) is 19.4 Å². The number of carbonyl (C=O) groups excluding carboxylic acids is 2. The minimum atomic E-state index is -1.12. The first kappa shape index (κ1) is 32.8. The second kappa shape index (κ2) is 13.8. The number of thiophene rings is 2. The Morgan fingerprint density at radius 1 is 0.957 bits per heavy atom. The van der Waals surface area contributed by atoms with E-state index in [1.54, 1.807) is 25.3 Å². The number of carbonyl (C=O) groups is 3. The van der Waals surface area contributed by atoms with E-state index >= 15 is 0 Å². The summed E-state index contributed by atoms with van der Waals surface area (Å²) in [5.74, 6) is -1.99. The molecule has 0 aliphatic heterocycles. The van der Waals surface area contributed by atoms with Crippen molar-refractivity contribution in [3.8, 4) is 11.4 Å². The van der Waals surface area contributed by atoms with Crippen molar-refractivity contribution < 1.29 is 29.3 Å². The van der Waals surface area contributed by atoms with Gasteiger partial charge in [-0.1, -0.05) is 54.1 Å². The molecule has 1 saturated carbocycles. The number of rotatable bonds is 8. The summed E-state index contributed by atoms with van der Waals surface area (Å²) in [5, 5.41) is 38.5. The number of nitro groups is 2. The predicted molar refractivity (Wildman–Crippen MR) is 173 cm³/mol. The van der Waals surface area contributed by atoms with Crippen LogP contribution in [0.15, 0.2) is 48.7 Å². The fraction of sp³-hybridized carbons (Fsp3) is 0.241. The second-order valence-electron chi connectivity index (χ2n) is 10.4. The van der Waals surface area contributed by atoms with Crippen molar-refractivity contribution in [1.29, 1.82) is 0 Å². The molecular formula is C29H26N8O8S2. The molecule has 1 aliphatic carbocycles. The highest BCUT2D eigenvalue weighted by Gasteiger charge is 2.25. The summed E-state index contributed by atoms with van der Waals surface area (Å²) in [4.78, 5) is 65.1. The second-order valence-corrected chi connectivity index (χ2v) is 12.5. The molecular weight excluding hydrogens is 653 g/mol. The molecule has 0 radical (unpaired) electrons. The van der Waals surface area contributed by atoms with Gasteiger partial charge in [0.2, 0.25) is 0 Å². The fourth-order valence-electron chi connectivity index (χ4n) is 5.14. The number of aryl methyl sites for hydroxylation is 1. The monoisotopic (exact) mass is 678 g/mol. The first-order valence-corrected chi connectivity index (χ1v) is 15.8. The van der Waals surface area contributed by atoms with E-state index in [4.69, 9.17) is 10.7 Å². The summed E-state index contributed by atoms with van der Waals surface area (Å²) in [7, 11) is 0. The SMILES string of the molecule is Cc1cccc(C(=O)O)c1-c1nc(NC(=O)c2ccc([N+](=O)[O-])s2)c2cnn(C3CCCCC3)c2n1.NC(=O)c1ccc([N+](=O)[O-])s1. The van der Waals surface area contributed by atoms with Crippen LogP contribution >= 0.6 is 22.7 Å². The van der Waals surface area contributed by atoms with Gasteiger partial charge in [0.05, 0.1) is 42.8 Å². The van der Waals surface area contributed by atoms with Gasteiger partial charge in [-0.3, -0.25) is 29.8 Å². The van der Waals surface area contributed by atoms with E-state index in [1.807, 2.05) is 4.68 Å². The van der Waals surface area contributed by atoms with Crippen LogP contribution in [0.25, 0.3) is 22.4 Å². The maximum absolute atomic E-state index is 13.0. The van der Waals surface area contributed by atoms with E-state index in [0.29, 0.717) is 22.2 Å². The molecule has 5 aromatic rings. The first-order valence-electron chi connectivity index (χ1n) is 14.1. The van der Waals surface area contributed by atoms with Crippen molar-refractivity contribution in [2.45, 2.75) is 45.1 Å². The van der Waals surface area contributed by atoms with E-state index in [-0.39, 0.29) is 43.0 Å². The molecule has 18 heteroatoms. The molecule has 1 aromatic carbocycles. The number of aromatic carboxylic acids is 1. The number of carboxylic acids is 1. The Bertz CT molecular complexity index is 2000. The zero-order chi connectivity index (χ0) is 33.8. The molecule has 0 saturated heterocycles. The number of hydrogen-bond acceptors (Lipinski definition) is 12. The molecule has 47 heavy (non-hydrogen) atoms. The Labute approximate surface area is 273 Å². The summed E-state index contributed by atoms with van der Waals surface area (Å²) < 4.78 is 1.84. The van der Waals surface area contributed by atoms with E-state index in [1.165, 1.54) is 30.3 Å². The van der Waals surface area contributed by atoms with E-state index in [2.05, 4.69) is 15.4 Å². The number of carboxylic acid groups (broad SMARTS) is 1. The lowest BCUT2D eigenvalue weighted by Gasteiger charge is -2.22. The number of amides is 2. The lowest BCUT2D eigenvalue weighted by Crippen LogP contribution is -2.16. The summed E-state index contributed by atoms with van der Waals surface area (Å²) in [6.45, 7) is 1.77. The van der Waals surface area contributed by atoms with Crippen LogP contribution in [0, 0.1) is 27.2 Å². The topological polar surface area (TPSA) is 239 Å². The highest BCUT2D eigenvalue weighted by atomic mass is 32.1. The molecule has 4 heterocycles. The molecule has 242 valence electrons. The molecule has 16 nitrogen and oxygen atoms in total. The number of primary amides is 1. The Balaban J connectivity index is 0.000000335. The lowest BCUT2D eigenvalue weighted by molar-refractivity contribution is -0.380. The number of anilines is 1. The molecule has 2 amide bonds. The maximum Gasteiger partial charge on any atom is 0.336 e. The average Bonchev–Trinajstić information content (AvgIpc) is 3.82. The molecule has 4 aromatic heterocycles. The number of benzene rings is 1. The number of hydrogen-bond donors (Lipinski definition) is 3. The Morgan fingerprint density at radius 3 is 2.17 bits per heavy atom. The van der Waals surface area contributed by atoms with Gasteiger partial charge in [0.25, 0.3) is 11.8 Å². The molecule has 6 rings (SSSR count). The minimum Gasteiger partial charge on any atom is -0.478 e. The van der Waals surface area contributed by atoms with Gasteiger partial charge < -0.3 is 16.2 Å². The Kier molecular flexibility index (Phi) is 9.62. The molecule has 0 unspecified atom stereocenters. The van der Waals surface area contributed by atoms with Gasteiger partial charge in [0.1, 0.15) is 5.82 Å². The van der Waals surface area contributed by atoms with Gasteiger partial charge in [0, 0.05) is 17.7 Å². The number of nitrogens with one attached hydrogen (secondary N) is 1. The van der Waals surface area contributed by atoms with Crippen molar-refractivity contribution >= 4 is 67.3 Å². The molecule has 1 aliphatic rings. The van der Waals surface area contributed by atoms with Crippen molar-refractivity contribution in [3.63, 3.8) is 0 Å². The van der Waals surface area contributed by atoms with Crippen LogP contribution in [0.3, 0.4) is 0 Å². The van der Waals surface area contributed by atoms with Crippen molar-refractivity contribution in [2.24, 2.45) is 5.73 Å². The van der Waals surface area contributed by atoms with Crippen LogP contribution < -0.4 is 11.1 Å². The highest BCUT2D eigenvalue weighted by molar-refractivity contribution is 7.17. The van der Waals surface area contributed by atoms with Crippen LogP contribution in [-0.4, -0.2) is 52.5 Å². The van der Waals surface area contributed by atoms with E-state index < -0.39 is 27.6 Å². The van der Waals surface area contributed by atoms with Crippen LogP contribution in [0.2, 0.25) is 0 Å². The molecule has 0 atom stereocenters. The highest BCUT2D eigenvalue weighted by Crippen LogP contribution is 2.34. The Hall–Kier alpha value is -5.62. The van der Waals surface area contributed by atoms with Crippen molar-refractivity contribution in [2.75, 3.05) is 5.32 Å². The summed E-state index contributed by atoms with van der Waals surface area (Å²) in [6.07, 6.45) is 6.80. The standard InChI is InChI=1S/C24H22N6O5S.C5H4N2O3S/c1-13-6-5-9-15(24(32)33)19(13)21-26-20(28-23(31)17-10-11-18(36-17)30(34)35)16-12-25-29(22(16)27-21)14-7-3-2-4-8-14;6-5(8)3-1-2-4(11-3)7(9)10/h5-6,9-12,14H,2-4,7-8H2,1H3,(H,32,33)(H,26,27,28,31);1-2H,(H2,6,8). The first-order chi connectivity index (χ1) is 22.4. The normalized spacial score (nSPS) is 13.0. The van der Waals surface area contributed by atoms with Gasteiger partial charge in [-0.15, -0.1) is 0 Å². The molecule has 0 spiro atoms. The minimum absolute atomic E-state index is 0.0456. The lowest BCUT2D eigenvalue weighted by atomic mass is 9.96. The summed E-state index contributed by atoms with van der Waals surface area (Å²) in [6, 6.07) is 10.3. The average molecular weight is 679 g/mol. The maximum atomic E-state index is 13.0. The Morgan fingerprint density at radius 2 is 1.60 bits per heavy atom. The number of aromatic nitrogens is 4. The van der Waals surface area contributed by atoms with Crippen molar-refractivity contribution in [3.05, 3.63) is 89.8 Å². The number of fused-ring (bicyclic) bond motifs is 1. The third-order valence-electron chi connectivity index (χ3n) is 7.34. The third-order valence-corrected chi connectivity index (χ3v) is 9.43. The summed E-state index contributed by atoms with van der Waals surface area (Å²) >= 11 is 1.53. The largest absolute Gasteiger partial charge is 0.478 e. The smallest absolute Gasteiger partial charge is 0.336 e. The van der Waals surface area contributed by atoms with Crippen LogP contribution in [-0.2, 0) is 0 Å². The summed E-state index contributed by atoms with van der Waals surface area (Å²) in [5.41, 5.74) is 6.44. The van der Waals surface area contributed by atoms with Gasteiger partial charge >= 0.3 is 16.0 Å². The van der Waals surface area contributed by atoms with E-state index in [9.17, 15) is 39.7 Å². The predicted octanol–water partition coefficient (Wildman–Crippen LogP) is 5.98. The number of nitrogens with zero attached hydrogens (tertiary/aromatic N) is 6. The van der Waals surface area contributed by atoms with Crippen LogP contribution in [0.5, 0.6) is 0 Å². The third kappa shape index (κ3) is 7.12. The van der Waals surface area contributed by atoms with Gasteiger partial charge in [0.15, 0.2) is 11.5 Å². The van der Waals surface area contributed by atoms with Crippen LogP contribution in [0.4, 0.5) is 15.8 Å². The van der Waals surface area contributed by atoms with Crippen LogP contribution in [0.1, 0.15) is 73.4 Å².